The molecule has 1 aliphatic rings. The van der Waals surface area contributed by atoms with Gasteiger partial charge < -0.3 is 15.1 Å². The smallest absolute Gasteiger partial charge is 0.255 e. The normalized spacial score (nSPS) is 15.0. The average molecular weight is 367 g/mol. The van der Waals surface area contributed by atoms with E-state index in [1.807, 2.05) is 17.0 Å². The van der Waals surface area contributed by atoms with Gasteiger partial charge in [0, 0.05) is 38.1 Å². The third kappa shape index (κ3) is 4.48. The number of hydrogen-bond acceptors (Lipinski definition) is 4. The maximum atomic E-state index is 12.7. The van der Waals surface area contributed by atoms with Crippen LogP contribution in [0.4, 0.5) is 11.5 Å². The molecule has 1 fully saturated rings. The van der Waals surface area contributed by atoms with Gasteiger partial charge in [-0.15, -0.1) is 0 Å². The van der Waals surface area contributed by atoms with Gasteiger partial charge in [0.2, 0.25) is 0 Å². The van der Waals surface area contributed by atoms with E-state index >= 15 is 0 Å². The molecule has 0 aliphatic carbocycles. The van der Waals surface area contributed by atoms with Crippen molar-refractivity contribution in [2.75, 3.05) is 38.0 Å². The number of carbonyl (C=O) groups excluding carboxylic acids is 1. The molecule has 1 saturated heterocycles. The third-order valence-electron chi connectivity index (χ3n) is 5.37. The summed E-state index contributed by atoms with van der Waals surface area (Å²) >= 11 is 0. The summed E-state index contributed by atoms with van der Waals surface area (Å²) in [4.78, 5) is 21.5. The summed E-state index contributed by atoms with van der Waals surface area (Å²) in [7, 11) is 0. The Bertz CT molecular complexity index is 742. The topological polar surface area (TPSA) is 48.5 Å². The standard InChI is InChI=1S/C22H30N4O/c1-4-17-8-7-9-18(5-2)21(17)24-20-11-10-19(16-23-20)22(27)26-14-12-25(6-3)13-15-26/h7-11,16H,4-6,12-15H2,1-3H3,(H,23,24). The van der Waals surface area contributed by atoms with Crippen molar-refractivity contribution in [2.45, 2.75) is 33.6 Å². The van der Waals surface area contributed by atoms with Gasteiger partial charge in [0.05, 0.1) is 5.56 Å². The lowest BCUT2D eigenvalue weighted by atomic mass is 10.0. The molecule has 0 spiro atoms. The van der Waals surface area contributed by atoms with Gasteiger partial charge in [-0.3, -0.25) is 4.79 Å². The molecule has 0 unspecified atom stereocenters. The van der Waals surface area contributed by atoms with Crippen molar-refractivity contribution in [1.29, 1.82) is 0 Å². The van der Waals surface area contributed by atoms with Gasteiger partial charge in [0.1, 0.15) is 5.82 Å². The fourth-order valence-electron chi connectivity index (χ4n) is 3.58. The van der Waals surface area contributed by atoms with E-state index in [0.29, 0.717) is 5.56 Å². The average Bonchev–Trinajstić information content (AvgIpc) is 2.74. The van der Waals surface area contributed by atoms with Crippen molar-refractivity contribution in [3.05, 3.63) is 53.2 Å². The van der Waals surface area contributed by atoms with Crippen molar-refractivity contribution in [3.63, 3.8) is 0 Å². The Morgan fingerprint density at radius 2 is 1.67 bits per heavy atom. The fourth-order valence-corrected chi connectivity index (χ4v) is 3.58. The van der Waals surface area contributed by atoms with Gasteiger partial charge in [-0.2, -0.15) is 0 Å². The van der Waals surface area contributed by atoms with Crippen LogP contribution in [0.3, 0.4) is 0 Å². The molecule has 1 N–H and O–H groups in total. The summed E-state index contributed by atoms with van der Waals surface area (Å²) in [6.07, 6.45) is 3.63. The van der Waals surface area contributed by atoms with Gasteiger partial charge in [-0.25, -0.2) is 4.98 Å². The maximum Gasteiger partial charge on any atom is 0.255 e. The molecule has 1 aromatic heterocycles. The van der Waals surface area contributed by atoms with Crippen molar-refractivity contribution in [3.8, 4) is 0 Å². The van der Waals surface area contributed by atoms with Crippen LogP contribution in [0.1, 0.15) is 42.3 Å². The van der Waals surface area contributed by atoms with Crippen LogP contribution in [0, 0.1) is 0 Å². The zero-order chi connectivity index (χ0) is 19.2. The Kier molecular flexibility index (Phi) is 6.45. The van der Waals surface area contributed by atoms with Gasteiger partial charge in [0.15, 0.2) is 0 Å². The molecule has 1 aliphatic heterocycles. The second kappa shape index (κ2) is 9.00. The number of para-hydroxylation sites is 1. The number of aromatic nitrogens is 1. The van der Waals surface area contributed by atoms with E-state index in [9.17, 15) is 4.79 Å². The molecule has 1 amide bonds. The molecule has 0 atom stereocenters. The van der Waals surface area contributed by atoms with E-state index in [4.69, 9.17) is 0 Å². The molecule has 144 valence electrons. The first-order chi connectivity index (χ1) is 13.2. The number of pyridine rings is 1. The van der Waals surface area contributed by atoms with Crippen LogP contribution in [0.2, 0.25) is 0 Å². The van der Waals surface area contributed by atoms with E-state index < -0.39 is 0 Å². The third-order valence-corrected chi connectivity index (χ3v) is 5.37. The molecule has 1 aromatic carbocycles. The van der Waals surface area contributed by atoms with Crippen molar-refractivity contribution >= 4 is 17.4 Å². The first-order valence-electron chi connectivity index (χ1n) is 10.0. The Morgan fingerprint density at radius 3 is 2.19 bits per heavy atom. The number of carbonyl (C=O) groups is 1. The quantitative estimate of drug-likeness (QED) is 0.846. The zero-order valence-electron chi connectivity index (χ0n) is 16.7. The van der Waals surface area contributed by atoms with Gasteiger partial charge in [-0.1, -0.05) is 39.0 Å². The number of hydrogen-bond donors (Lipinski definition) is 1. The largest absolute Gasteiger partial charge is 0.340 e. The van der Waals surface area contributed by atoms with Crippen LogP contribution in [-0.2, 0) is 12.8 Å². The summed E-state index contributed by atoms with van der Waals surface area (Å²) in [5.74, 6) is 0.853. The molecular formula is C22H30N4O. The Hall–Kier alpha value is -2.40. The molecule has 0 saturated carbocycles. The molecule has 3 rings (SSSR count). The number of nitrogens with one attached hydrogen (secondary N) is 1. The molecule has 27 heavy (non-hydrogen) atoms. The number of piperazine rings is 1. The van der Waals surface area contributed by atoms with Crippen LogP contribution in [0.5, 0.6) is 0 Å². The van der Waals surface area contributed by atoms with Crippen molar-refractivity contribution in [2.24, 2.45) is 0 Å². The minimum absolute atomic E-state index is 0.0769. The van der Waals surface area contributed by atoms with Crippen molar-refractivity contribution in [1.82, 2.24) is 14.8 Å². The number of nitrogens with zero attached hydrogens (tertiary/aromatic N) is 3. The molecule has 0 radical (unpaired) electrons. The lowest BCUT2D eigenvalue weighted by molar-refractivity contribution is 0.0643. The minimum Gasteiger partial charge on any atom is -0.340 e. The summed E-state index contributed by atoms with van der Waals surface area (Å²) < 4.78 is 0. The van der Waals surface area contributed by atoms with E-state index in [1.165, 1.54) is 11.1 Å². The second-order valence-corrected chi connectivity index (χ2v) is 6.94. The van der Waals surface area contributed by atoms with Crippen LogP contribution >= 0.6 is 0 Å². The first kappa shape index (κ1) is 19.4. The number of amides is 1. The Morgan fingerprint density at radius 1 is 1.00 bits per heavy atom. The maximum absolute atomic E-state index is 12.7. The predicted molar refractivity (Wildman–Crippen MR) is 111 cm³/mol. The molecule has 5 heteroatoms. The van der Waals surface area contributed by atoms with E-state index in [2.05, 4.69) is 54.2 Å². The summed E-state index contributed by atoms with van der Waals surface area (Å²) in [6, 6.07) is 10.2. The van der Waals surface area contributed by atoms with Crippen LogP contribution in [-0.4, -0.2) is 53.4 Å². The highest BCUT2D eigenvalue weighted by Gasteiger charge is 2.21. The Labute approximate surface area is 162 Å². The summed E-state index contributed by atoms with van der Waals surface area (Å²) in [5, 5.41) is 3.46. The second-order valence-electron chi connectivity index (χ2n) is 6.94. The van der Waals surface area contributed by atoms with Crippen LogP contribution < -0.4 is 5.32 Å². The first-order valence-corrected chi connectivity index (χ1v) is 10.0. The predicted octanol–water partition coefficient (Wildman–Crippen LogP) is 3.73. The summed E-state index contributed by atoms with van der Waals surface area (Å²) in [6.45, 7) is 11.0. The number of anilines is 2. The van der Waals surface area contributed by atoms with E-state index in [1.54, 1.807) is 6.20 Å². The monoisotopic (exact) mass is 366 g/mol. The molecule has 2 aromatic rings. The van der Waals surface area contributed by atoms with E-state index in [0.717, 1.165) is 57.1 Å². The van der Waals surface area contributed by atoms with Gasteiger partial charge in [0.25, 0.3) is 5.91 Å². The highest BCUT2D eigenvalue weighted by molar-refractivity contribution is 5.94. The highest BCUT2D eigenvalue weighted by Crippen LogP contribution is 2.25. The lowest BCUT2D eigenvalue weighted by Gasteiger charge is -2.34. The fraction of sp³-hybridized carbons (Fsp3) is 0.455. The van der Waals surface area contributed by atoms with Crippen LogP contribution in [0.15, 0.2) is 36.5 Å². The molecule has 0 bridgehead atoms. The number of rotatable bonds is 6. The van der Waals surface area contributed by atoms with Gasteiger partial charge in [-0.05, 0) is 42.6 Å². The molecule has 2 heterocycles. The van der Waals surface area contributed by atoms with Crippen LogP contribution in [0.25, 0.3) is 0 Å². The zero-order valence-corrected chi connectivity index (χ0v) is 16.7. The number of benzene rings is 1. The SMILES string of the molecule is CCc1cccc(CC)c1Nc1ccc(C(=O)N2CCN(CC)CC2)cn1. The van der Waals surface area contributed by atoms with Gasteiger partial charge >= 0.3 is 0 Å². The van der Waals surface area contributed by atoms with E-state index in [-0.39, 0.29) is 5.91 Å². The Balaban J connectivity index is 1.70. The van der Waals surface area contributed by atoms with Crippen molar-refractivity contribution < 1.29 is 4.79 Å². The highest BCUT2D eigenvalue weighted by atomic mass is 16.2. The lowest BCUT2D eigenvalue weighted by Crippen LogP contribution is -2.48. The molecular weight excluding hydrogens is 336 g/mol. The number of aryl methyl sites for hydroxylation is 2. The summed E-state index contributed by atoms with van der Waals surface area (Å²) in [5.41, 5.74) is 4.37. The minimum atomic E-state index is 0.0769. The number of likely N-dealkylation sites (N-methyl/N-ethyl adjacent to an activating group) is 1. The molecule has 5 nitrogen and oxygen atoms in total.